The van der Waals surface area contributed by atoms with Gasteiger partial charge < -0.3 is 15.3 Å². The first kappa shape index (κ1) is 13.9. The molecule has 0 aliphatic carbocycles. The van der Waals surface area contributed by atoms with E-state index in [0.29, 0.717) is 11.3 Å². The summed E-state index contributed by atoms with van der Waals surface area (Å²) in [6.07, 6.45) is 0.253. The molecule has 0 radical (unpaired) electrons. The van der Waals surface area contributed by atoms with Crippen molar-refractivity contribution in [1.29, 1.82) is 0 Å². The number of carboxylic acids is 1. The van der Waals surface area contributed by atoms with Gasteiger partial charge in [-0.2, -0.15) is 0 Å². The summed E-state index contributed by atoms with van der Waals surface area (Å²) < 4.78 is 0. The van der Waals surface area contributed by atoms with Crippen LogP contribution in [0, 0.1) is 0 Å². The van der Waals surface area contributed by atoms with Gasteiger partial charge in [-0.3, -0.25) is 9.59 Å². The molecule has 2 aliphatic rings. The predicted octanol–water partition coefficient (Wildman–Crippen LogP) is 1.17. The molecule has 0 bridgehead atoms. The standard InChI is InChI=1S/C14H14N2O4S/c1-7-16(11(6-21-7)14(19)20)13(18)8-2-3-10-9(4-8)5-12(17)15-10/h2-4,7,11H,5-6H2,1H3,(H,15,17)(H,19,20). The molecule has 1 saturated heterocycles. The number of nitrogens with one attached hydrogen (secondary N) is 1. The Bertz CT molecular complexity index is 646. The minimum absolute atomic E-state index is 0.0943. The van der Waals surface area contributed by atoms with Crippen molar-refractivity contribution >= 4 is 35.2 Å². The van der Waals surface area contributed by atoms with E-state index in [4.69, 9.17) is 0 Å². The average molecular weight is 306 g/mol. The minimum Gasteiger partial charge on any atom is -0.480 e. The largest absolute Gasteiger partial charge is 0.480 e. The molecule has 0 saturated carbocycles. The molecule has 6 nitrogen and oxygen atoms in total. The van der Waals surface area contributed by atoms with Crippen molar-refractivity contribution in [1.82, 2.24) is 4.90 Å². The van der Waals surface area contributed by atoms with E-state index in [-0.39, 0.29) is 23.6 Å². The number of thioether (sulfide) groups is 1. The summed E-state index contributed by atoms with van der Waals surface area (Å²) >= 11 is 1.45. The van der Waals surface area contributed by atoms with Crippen LogP contribution in [0.3, 0.4) is 0 Å². The van der Waals surface area contributed by atoms with Crippen LogP contribution in [0.15, 0.2) is 18.2 Å². The Morgan fingerprint density at radius 3 is 2.90 bits per heavy atom. The highest BCUT2D eigenvalue weighted by Gasteiger charge is 2.40. The lowest BCUT2D eigenvalue weighted by Crippen LogP contribution is -2.44. The third kappa shape index (κ3) is 2.37. The van der Waals surface area contributed by atoms with E-state index in [1.165, 1.54) is 16.7 Å². The molecule has 7 heteroatoms. The van der Waals surface area contributed by atoms with Crippen LogP contribution in [0.1, 0.15) is 22.8 Å². The summed E-state index contributed by atoms with van der Waals surface area (Å²) in [5.41, 5.74) is 1.92. The lowest BCUT2D eigenvalue weighted by atomic mass is 10.1. The van der Waals surface area contributed by atoms with E-state index in [9.17, 15) is 19.5 Å². The summed E-state index contributed by atoms with van der Waals surface area (Å²) in [5, 5.41) is 11.8. The van der Waals surface area contributed by atoms with Crippen molar-refractivity contribution in [2.24, 2.45) is 0 Å². The molecule has 2 aliphatic heterocycles. The second-order valence-electron chi connectivity index (χ2n) is 5.10. The maximum absolute atomic E-state index is 12.6. The van der Waals surface area contributed by atoms with E-state index in [1.54, 1.807) is 18.2 Å². The molecule has 2 N–H and O–H groups in total. The molecular formula is C14H14N2O4S. The first-order chi connectivity index (χ1) is 9.97. The number of benzene rings is 1. The highest BCUT2D eigenvalue weighted by molar-refractivity contribution is 8.00. The number of nitrogens with zero attached hydrogens (tertiary/aromatic N) is 1. The van der Waals surface area contributed by atoms with Crippen LogP contribution in [0.2, 0.25) is 0 Å². The number of fused-ring (bicyclic) bond motifs is 1. The Morgan fingerprint density at radius 1 is 1.43 bits per heavy atom. The number of anilines is 1. The third-order valence-corrected chi connectivity index (χ3v) is 4.94. The van der Waals surface area contributed by atoms with E-state index in [1.807, 2.05) is 6.92 Å². The predicted molar refractivity (Wildman–Crippen MR) is 78.3 cm³/mol. The lowest BCUT2D eigenvalue weighted by molar-refractivity contribution is -0.141. The number of carbonyl (C=O) groups is 3. The smallest absolute Gasteiger partial charge is 0.327 e. The summed E-state index contributed by atoms with van der Waals surface area (Å²) in [5.74, 6) is -0.990. The Balaban J connectivity index is 1.90. The third-order valence-electron chi connectivity index (χ3n) is 3.72. The monoisotopic (exact) mass is 306 g/mol. The molecule has 21 heavy (non-hydrogen) atoms. The van der Waals surface area contributed by atoms with Crippen LogP contribution in [0.4, 0.5) is 5.69 Å². The molecule has 1 aromatic rings. The fourth-order valence-corrected chi connectivity index (χ4v) is 3.82. The lowest BCUT2D eigenvalue weighted by Gasteiger charge is -2.25. The molecule has 2 unspecified atom stereocenters. The van der Waals surface area contributed by atoms with Gasteiger partial charge in [0.15, 0.2) is 0 Å². The Hall–Kier alpha value is -2.02. The molecule has 0 aromatic heterocycles. The summed E-state index contributed by atoms with van der Waals surface area (Å²) in [6, 6.07) is 4.19. The number of carbonyl (C=O) groups excluding carboxylic acids is 2. The van der Waals surface area contributed by atoms with Crippen molar-refractivity contribution in [3.63, 3.8) is 0 Å². The normalized spacial score (nSPS) is 23.9. The highest BCUT2D eigenvalue weighted by Crippen LogP contribution is 2.31. The van der Waals surface area contributed by atoms with Crippen LogP contribution >= 0.6 is 11.8 Å². The van der Waals surface area contributed by atoms with Crippen molar-refractivity contribution in [2.45, 2.75) is 24.8 Å². The van der Waals surface area contributed by atoms with Gasteiger partial charge in [0.25, 0.3) is 5.91 Å². The Labute approximate surface area is 125 Å². The zero-order valence-corrected chi connectivity index (χ0v) is 12.1. The van der Waals surface area contributed by atoms with Crippen LogP contribution < -0.4 is 5.32 Å². The second kappa shape index (κ2) is 5.07. The fourth-order valence-electron chi connectivity index (χ4n) is 2.65. The number of hydrogen-bond acceptors (Lipinski definition) is 4. The van der Waals surface area contributed by atoms with Crippen molar-refractivity contribution in [3.8, 4) is 0 Å². The number of hydrogen-bond donors (Lipinski definition) is 2. The van der Waals surface area contributed by atoms with Crippen molar-refractivity contribution in [3.05, 3.63) is 29.3 Å². The molecule has 2 atom stereocenters. The van der Waals surface area contributed by atoms with Gasteiger partial charge in [-0.1, -0.05) is 0 Å². The number of aliphatic carboxylic acids is 1. The SMILES string of the molecule is CC1SCC(C(=O)O)N1C(=O)c1ccc2c(c1)CC(=O)N2. The summed E-state index contributed by atoms with van der Waals surface area (Å²) in [4.78, 5) is 36.6. The maximum Gasteiger partial charge on any atom is 0.327 e. The van der Waals surface area contributed by atoms with Crippen LogP contribution in [-0.2, 0) is 16.0 Å². The van der Waals surface area contributed by atoms with Gasteiger partial charge in [0.05, 0.1) is 11.8 Å². The van der Waals surface area contributed by atoms with Gasteiger partial charge in [-0.25, -0.2) is 4.79 Å². The average Bonchev–Trinajstić information content (AvgIpc) is 2.98. The summed E-state index contributed by atoms with van der Waals surface area (Å²) in [6.45, 7) is 1.82. The number of rotatable bonds is 2. The van der Waals surface area contributed by atoms with E-state index in [2.05, 4.69) is 5.32 Å². The molecule has 1 fully saturated rings. The molecule has 2 amide bonds. The maximum atomic E-state index is 12.6. The number of carboxylic acid groups (broad SMARTS) is 1. The Kier molecular flexibility index (Phi) is 3.36. The zero-order chi connectivity index (χ0) is 15.1. The number of amides is 2. The van der Waals surface area contributed by atoms with E-state index < -0.39 is 12.0 Å². The molecular weight excluding hydrogens is 292 g/mol. The minimum atomic E-state index is -0.988. The van der Waals surface area contributed by atoms with Crippen LogP contribution in [0.5, 0.6) is 0 Å². The van der Waals surface area contributed by atoms with Crippen molar-refractivity contribution in [2.75, 3.05) is 11.1 Å². The van der Waals surface area contributed by atoms with Gasteiger partial charge in [-0.15, -0.1) is 11.8 Å². The molecule has 110 valence electrons. The van der Waals surface area contributed by atoms with Gasteiger partial charge in [-0.05, 0) is 30.7 Å². The molecule has 3 rings (SSSR count). The fraction of sp³-hybridized carbons (Fsp3) is 0.357. The van der Waals surface area contributed by atoms with E-state index >= 15 is 0 Å². The summed E-state index contributed by atoms with van der Waals surface area (Å²) in [7, 11) is 0. The Morgan fingerprint density at radius 2 is 2.19 bits per heavy atom. The van der Waals surface area contributed by atoms with Crippen molar-refractivity contribution < 1.29 is 19.5 Å². The highest BCUT2D eigenvalue weighted by atomic mass is 32.2. The zero-order valence-electron chi connectivity index (χ0n) is 11.3. The van der Waals surface area contributed by atoms with Gasteiger partial charge in [0.1, 0.15) is 6.04 Å². The van der Waals surface area contributed by atoms with E-state index in [0.717, 1.165) is 11.3 Å². The molecule has 0 spiro atoms. The van der Waals surface area contributed by atoms with Gasteiger partial charge in [0.2, 0.25) is 5.91 Å². The quantitative estimate of drug-likeness (QED) is 0.856. The van der Waals surface area contributed by atoms with Crippen LogP contribution in [0.25, 0.3) is 0 Å². The topological polar surface area (TPSA) is 86.7 Å². The molecule has 2 heterocycles. The first-order valence-corrected chi connectivity index (χ1v) is 7.62. The van der Waals surface area contributed by atoms with Crippen LogP contribution in [-0.4, -0.2) is 45.0 Å². The molecule has 1 aromatic carbocycles. The second-order valence-corrected chi connectivity index (χ2v) is 6.44. The van der Waals surface area contributed by atoms with Gasteiger partial charge >= 0.3 is 5.97 Å². The first-order valence-electron chi connectivity index (χ1n) is 6.57. The van der Waals surface area contributed by atoms with Gasteiger partial charge in [0, 0.05) is 17.0 Å².